The minimum Gasteiger partial charge on any atom is -0.497 e. The van der Waals surface area contributed by atoms with E-state index in [0.29, 0.717) is 47.2 Å². The van der Waals surface area contributed by atoms with Gasteiger partial charge in [-0.15, -0.1) is 0 Å². The molecule has 174 valence electrons. The average Bonchev–Trinajstić information content (AvgIpc) is 2.84. The Morgan fingerprint density at radius 1 is 0.853 bits per heavy atom. The number of methoxy groups -OCH3 is 1. The molecule has 34 heavy (non-hydrogen) atoms. The fourth-order valence-electron chi connectivity index (χ4n) is 3.48. The Morgan fingerprint density at radius 3 is 2.35 bits per heavy atom. The van der Waals surface area contributed by atoms with Gasteiger partial charge in [0.1, 0.15) is 19.0 Å². The van der Waals surface area contributed by atoms with E-state index in [0.717, 1.165) is 5.56 Å². The number of aryl methyl sites for hydroxylation is 1. The third-order valence-electron chi connectivity index (χ3n) is 5.24. The molecule has 0 unspecified atom stereocenters. The van der Waals surface area contributed by atoms with Crippen molar-refractivity contribution in [1.29, 1.82) is 0 Å². The quantitative estimate of drug-likeness (QED) is 0.423. The van der Waals surface area contributed by atoms with Gasteiger partial charge >= 0.3 is 0 Å². The lowest BCUT2D eigenvalue weighted by Gasteiger charge is -2.19. The topological polar surface area (TPSA) is 112 Å². The number of fused-ring (bicyclic) bond motifs is 2. The van der Waals surface area contributed by atoms with Gasteiger partial charge in [0.2, 0.25) is 0 Å². The maximum atomic E-state index is 13.1. The molecule has 5 rings (SSSR count). The highest BCUT2D eigenvalue weighted by atomic mass is 32.2. The average molecular weight is 479 g/mol. The molecule has 0 saturated carbocycles. The number of nitrogens with zero attached hydrogens (tertiary/aromatic N) is 2. The van der Waals surface area contributed by atoms with Crippen molar-refractivity contribution in [2.24, 2.45) is 0 Å². The number of anilines is 3. The van der Waals surface area contributed by atoms with Crippen LogP contribution >= 0.6 is 0 Å². The Morgan fingerprint density at radius 2 is 1.59 bits per heavy atom. The molecule has 0 fully saturated rings. The van der Waals surface area contributed by atoms with Crippen LogP contribution in [0.25, 0.3) is 11.0 Å². The van der Waals surface area contributed by atoms with E-state index in [9.17, 15) is 8.42 Å². The zero-order valence-electron chi connectivity index (χ0n) is 18.5. The molecule has 0 saturated heterocycles. The molecule has 0 bridgehead atoms. The van der Waals surface area contributed by atoms with Crippen molar-refractivity contribution in [3.63, 3.8) is 0 Å². The molecule has 1 aliphatic heterocycles. The fourth-order valence-corrected chi connectivity index (χ4v) is 4.49. The minimum atomic E-state index is -3.90. The van der Waals surface area contributed by atoms with Gasteiger partial charge in [-0.25, -0.2) is 18.4 Å². The Labute approximate surface area is 196 Å². The summed E-state index contributed by atoms with van der Waals surface area (Å²) in [5.41, 5.74) is 2.64. The van der Waals surface area contributed by atoms with Gasteiger partial charge < -0.3 is 19.5 Å². The Balaban J connectivity index is 1.56. The van der Waals surface area contributed by atoms with Crippen molar-refractivity contribution in [2.45, 2.75) is 11.8 Å². The number of rotatable bonds is 6. The number of hydrogen-bond acceptors (Lipinski definition) is 8. The summed E-state index contributed by atoms with van der Waals surface area (Å²) in [6.45, 7) is 2.83. The van der Waals surface area contributed by atoms with Gasteiger partial charge in [0.15, 0.2) is 23.1 Å². The zero-order chi connectivity index (χ0) is 23.7. The van der Waals surface area contributed by atoms with E-state index in [2.05, 4.69) is 20.0 Å². The minimum absolute atomic E-state index is 0.0631. The summed E-state index contributed by atoms with van der Waals surface area (Å²) in [6.07, 6.45) is 0. The van der Waals surface area contributed by atoms with Gasteiger partial charge in [-0.05, 0) is 43.3 Å². The first kappa shape index (κ1) is 21.8. The molecule has 0 atom stereocenters. The monoisotopic (exact) mass is 478 g/mol. The van der Waals surface area contributed by atoms with Crippen LogP contribution in [-0.2, 0) is 10.0 Å². The second kappa shape index (κ2) is 8.71. The SMILES string of the molecule is COc1ccc2nc(NS(=O)(=O)c3ccc(C)cc3)c(Nc3ccc4c(c3)OCCO4)nc2c1. The third-order valence-corrected chi connectivity index (χ3v) is 6.59. The highest BCUT2D eigenvalue weighted by Crippen LogP contribution is 2.35. The van der Waals surface area contributed by atoms with Crippen molar-refractivity contribution in [1.82, 2.24) is 9.97 Å². The Kier molecular flexibility index (Phi) is 5.58. The van der Waals surface area contributed by atoms with Gasteiger partial charge in [0.05, 0.1) is 23.0 Å². The predicted molar refractivity (Wildman–Crippen MR) is 129 cm³/mol. The largest absolute Gasteiger partial charge is 0.497 e. The maximum absolute atomic E-state index is 13.1. The molecule has 3 aromatic carbocycles. The summed E-state index contributed by atoms with van der Waals surface area (Å²) in [5, 5.41) is 3.16. The van der Waals surface area contributed by atoms with Crippen molar-refractivity contribution < 1.29 is 22.6 Å². The van der Waals surface area contributed by atoms with Crippen LogP contribution < -0.4 is 24.2 Å². The number of benzene rings is 3. The van der Waals surface area contributed by atoms with Crippen LogP contribution in [0.2, 0.25) is 0 Å². The maximum Gasteiger partial charge on any atom is 0.263 e. The number of ether oxygens (including phenoxy) is 3. The summed E-state index contributed by atoms with van der Waals surface area (Å²) in [5.74, 6) is 2.14. The van der Waals surface area contributed by atoms with Gasteiger partial charge in [0, 0.05) is 17.8 Å². The number of sulfonamides is 1. The molecule has 2 N–H and O–H groups in total. The van der Waals surface area contributed by atoms with Crippen LogP contribution in [0.5, 0.6) is 17.2 Å². The molecular formula is C24H22N4O5S. The lowest BCUT2D eigenvalue weighted by atomic mass is 10.2. The van der Waals surface area contributed by atoms with Crippen molar-refractivity contribution in [2.75, 3.05) is 30.4 Å². The van der Waals surface area contributed by atoms with Crippen LogP contribution in [0.1, 0.15) is 5.56 Å². The number of nitrogens with one attached hydrogen (secondary N) is 2. The van der Waals surface area contributed by atoms with Crippen LogP contribution in [-0.4, -0.2) is 38.7 Å². The van der Waals surface area contributed by atoms with E-state index >= 15 is 0 Å². The van der Waals surface area contributed by atoms with E-state index in [4.69, 9.17) is 14.2 Å². The van der Waals surface area contributed by atoms with E-state index in [1.165, 1.54) is 0 Å². The van der Waals surface area contributed by atoms with E-state index in [1.54, 1.807) is 67.8 Å². The van der Waals surface area contributed by atoms with Crippen LogP contribution in [0.3, 0.4) is 0 Å². The second-order valence-corrected chi connectivity index (χ2v) is 9.36. The summed E-state index contributed by atoms with van der Waals surface area (Å²) < 4.78 is 45.3. The molecular weight excluding hydrogens is 456 g/mol. The zero-order valence-corrected chi connectivity index (χ0v) is 19.3. The van der Waals surface area contributed by atoms with Crippen LogP contribution in [0, 0.1) is 6.92 Å². The van der Waals surface area contributed by atoms with Gasteiger partial charge in [-0.2, -0.15) is 0 Å². The number of hydrogen-bond donors (Lipinski definition) is 2. The van der Waals surface area contributed by atoms with E-state index in [1.807, 2.05) is 6.92 Å². The first-order chi connectivity index (χ1) is 16.4. The van der Waals surface area contributed by atoms with Crippen molar-refractivity contribution >= 4 is 38.4 Å². The van der Waals surface area contributed by atoms with Crippen molar-refractivity contribution in [3.05, 3.63) is 66.2 Å². The molecule has 10 heteroatoms. The second-order valence-electron chi connectivity index (χ2n) is 7.68. The standard InChI is InChI=1S/C24H22N4O5S/c1-15-3-7-18(8-4-15)34(29,30)28-24-23(27-20-14-17(31-2)6-9-19(20)26-24)25-16-5-10-21-22(13-16)33-12-11-32-21/h3-10,13-14H,11-12H2,1-2H3,(H,25,27)(H,26,28). The summed E-state index contributed by atoms with van der Waals surface area (Å²) in [6, 6.07) is 17.1. The normalized spacial score (nSPS) is 12.9. The lowest BCUT2D eigenvalue weighted by molar-refractivity contribution is 0.171. The number of aromatic nitrogens is 2. The summed E-state index contributed by atoms with van der Waals surface area (Å²) in [7, 11) is -2.34. The van der Waals surface area contributed by atoms with Crippen LogP contribution in [0.4, 0.5) is 17.3 Å². The van der Waals surface area contributed by atoms with Gasteiger partial charge in [-0.1, -0.05) is 17.7 Å². The van der Waals surface area contributed by atoms with Crippen molar-refractivity contribution in [3.8, 4) is 17.2 Å². The molecule has 9 nitrogen and oxygen atoms in total. The summed E-state index contributed by atoms with van der Waals surface area (Å²) in [4.78, 5) is 9.29. The third kappa shape index (κ3) is 4.40. The molecule has 0 amide bonds. The smallest absolute Gasteiger partial charge is 0.263 e. The summed E-state index contributed by atoms with van der Waals surface area (Å²) >= 11 is 0. The lowest BCUT2D eigenvalue weighted by Crippen LogP contribution is -2.16. The highest BCUT2D eigenvalue weighted by Gasteiger charge is 2.20. The predicted octanol–water partition coefficient (Wildman–Crippen LogP) is 4.26. The van der Waals surface area contributed by atoms with Gasteiger partial charge in [-0.3, -0.25) is 4.72 Å². The Bertz CT molecular complexity index is 1470. The first-order valence-electron chi connectivity index (χ1n) is 10.5. The first-order valence-corrected chi connectivity index (χ1v) is 12.0. The highest BCUT2D eigenvalue weighted by molar-refractivity contribution is 7.92. The fraction of sp³-hybridized carbons (Fsp3) is 0.167. The Hall–Kier alpha value is -4.05. The molecule has 4 aromatic rings. The molecule has 0 radical (unpaired) electrons. The molecule has 2 heterocycles. The van der Waals surface area contributed by atoms with E-state index < -0.39 is 10.0 Å². The molecule has 1 aliphatic rings. The molecule has 0 aliphatic carbocycles. The molecule has 0 spiro atoms. The van der Waals surface area contributed by atoms with Gasteiger partial charge in [0.25, 0.3) is 10.0 Å². The van der Waals surface area contributed by atoms with Crippen LogP contribution in [0.15, 0.2) is 65.6 Å². The molecule has 1 aromatic heterocycles. The van der Waals surface area contributed by atoms with E-state index in [-0.39, 0.29) is 16.5 Å².